The number of carbonyl (C=O) groups excluding carboxylic acids is 1. The van der Waals surface area contributed by atoms with Gasteiger partial charge in [0.1, 0.15) is 0 Å². The third-order valence-corrected chi connectivity index (χ3v) is 8.31. The lowest BCUT2D eigenvalue weighted by Crippen LogP contribution is -2.47. The van der Waals surface area contributed by atoms with Crippen LogP contribution in [0.2, 0.25) is 0 Å². The fourth-order valence-corrected chi connectivity index (χ4v) is 6.56. The van der Waals surface area contributed by atoms with Crippen molar-refractivity contribution in [1.29, 1.82) is 0 Å². The summed E-state index contributed by atoms with van der Waals surface area (Å²) in [6.07, 6.45) is 8.25. The molecule has 3 rings (SSSR count). The molecule has 0 aromatic carbocycles. The topological polar surface area (TPSA) is 57.7 Å². The number of rotatable bonds is 5. The first kappa shape index (κ1) is 17.2. The van der Waals surface area contributed by atoms with Crippen LogP contribution in [0.15, 0.2) is 0 Å². The highest BCUT2D eigenvalue weighted by Gasteiger charge is 2.38. The average Bonchev–Trinajstić information content (AvgIpc) is 3.24. The molecule has 3 fully saturated rings. The molecule has 1 saturated carbocycles. The number of likely N-dealkylation sites (tertiary alicyclic amines) is 2. The number of nitrogens with zero attached hydrogens (tertiary/aromatic N) is 2. The van der Waals surface area contributed by atoms with Gasteiger partial charge < -0.3 is 9.80 Å². The molecule has 2 heterocycles. The molecule has 23 heavy (non-hydrogen) atoms. The summed E-state index contributed by atoms with van der Waals surface area (Å²) >= 11 is 0. The second-order valence-electron chi connectivity index (χ2n) is 7.51. The van der Waals surface area contributed by atoms with Crippen LogP contribution in [0.3, 0.4) is 0 Å². The fraction of sp³-hybridized carbons (Fsp3) is 0.941. The van der Waals surface area contributed by atoms with E-state index in [1.54, 1.807) is 0 Å². The second kappa shape index (κ2) is 7.09. The van der Waals surface area contributed by atoms with Crippen LogP contribution in [-0.2, 0) is 14.6 Å². The van der Waals surface area contributed by atoms with Crippen LogP contribution in [0.1, 0.15) is 57.8 Å². The first-order valence-corrected chi connectivity index (χ1v) is 10.9. The van der Waals surface area contributed by atoms with Crippen LogP contribution in [0.5, 0.6) is 0 Å². The van der Waals surface area contributed by atoms with Gasteiger partial charge in [0.2, 0.25) is 5.91 Å². The molecule has 0 unspecified atom stereocenters. The monoisotopic (exact) mass is 342 g/mol. The largest absolute Gasteiger partial charge is 0.338 e. The summed E-state index contributed by atoms with van der Waals surface area (Å²) in [4.78, 5) is 17.0. The normalized spacial score (nSPS) is 30.4. The van der Waals surface area contributed by atoms with Crippen molar-refractivity contribution in [2.75, 3.05) is 25.9 Å². The highest BCUT2D eigenvalue weighted by Crippen LogP contribution is 2.30. The number of sulfone groups is 1. The molecule has 3 aliphatic rings. The summed E-state index contributed by atoms with van der Waals surface area (Å²) in [7, 11) is -0.948. The van der Waals surface area contributed by atoms with E-state index in [1.165, 1.54) is 6.42 Å². The lowest BCUT2D eigenvalue weighted by Gasteiger charge is -2.33. The summed E-state index contributed by atoms with van der Waals surface area (Å²) in [5, 5.41) is -0.189. The molecule has 5 nitrogen and oxygen atoms in total. The smallest absolute Gasteiger partial charge is 0.223 e. The van der Waals surface area contributed by atoms with Crippen molar-refractivity contribution >= 4 is 15.7 Å². The number of amides is 1. The zero-order valence-corrected chi connectivity index (χ0v) is 15.1. The molecule has 1 amide bonds. The van der Waals surface area contributed by atoms with E-state index >= 15 is 0 Å². The molecular weight excluding hydrogens is 312 g/mol. The maximum Gasteiger partial charge on any atom is 0.223 e. The number of carbonyl (C=O) groups is 1. The van der Waals surface area contributed by atoms with Gasteiger partial charge in [-0.2, -0.15) is 0 Å². The lowest BCUT2D eigenvalue weighted by molar-refractivity contribution is -0.132. The minimum Gasteiger partial charge on any atom is -0.338 e. The maximum absolute atomic E-state index is 12.6. The quantitative estimate of drug-likeness (QED) is 0.765. The van der Waals surface area contributed by atoms with E-state index in [9.17, 15) is 13.2 Å². The number of likely N-dealkylation sites (N-methyl/N-ethyl adjacent to an activating group) is 1. The minimum absolute atomic E-state index is 0.0419. The first-order chi connectivity index (χ1) is 11.0. The van der Waals surface area contributed by atoms with Crippen molar-refractivity contribution < 1.29 is 13.2 Å². The molecule has 0 N–H and O–H groups in total. The maximum atomic E-state index is 12.6. The Morgan fingerprint density at radius 1 is 0.957 bits per heavy atom. The Morgan fingerprint density at radius 3 is 2.26 bits per heavy atom. The van der Waals surface area contributed by atoms with E-state index < -0.39 is 9.84 Å². The van der Waals surface area contributed by atoms with Gasteiger partial charge in [-0.25, -0.2) is 8.42 Å². The number of hydrogen-bond donors (Lipinski definition) is 0. The Bertz CT molecular complexity index is 528. The molecule has 0 bridgehead atoms. The predicted molar refractivity (Wildman–Crippen MR) is 91.0 cm³/mol. The van der Waals surface area contributed by atoms with Crippen molar-refractivity contribution in [2.45, 2.75) is 75.1 Å². The van der Waals surface area contributed by atoms with E-state index in [1.807, 2.05) is 4.90 Å². The van der Waals surface area contributed by atoms with E-state index in [-0.39, 0.29) is 23.3 Å². The Kier molecular flexibility index (Phi) is 5.31. The number of hydrogen-bond acceptors (Lipinski definition) is 4. The predicted octanol–water partition coefficient (Wildman–Crippen LogP) is 1.82. The van der Waals surface area contributed by atoms with Crippen molar-refractivity contribution in [2.24, 2.45) is 0 Å². The van der Waals surface area contributed by atoms with Gasteiger partial charge >= 0.3 is 0 Å². The summed E-state index contributed by atoms with van der Waals surface area (Å²) in [5.74, 6) is 0.0922. The van der Waals surface area contributed by atoms with Crippen LogP contribution in [0.4, 0.5) is 0 Å². The first-order valence-electron chi connectivity index (χ1n) is 9.20. The summed E-state index contributed by atoms with van der Waals surface area (Å²) in [6, 6.07) is 0.761. The zero-order valence-electron chi connectivity index (χ0n) is 14.2. The van der Waals surface area contributed by atoms with Crippen LogP contribution in [-0.4, -0.2) is 67.3 Å². The van der Waals surface area contributed by atoms with Gasteiger partial charge in [-0.05, 0) is 52.1 Å². The van der Waals surface area contributed by atoms with Crippen molar-refractivity contribution in [3.63, 3.8) is 0 Å². The Labute approximate surface area is 140 Å². The molecule has 2 aliphatic heterocycles. The molecule has 132 valence electrons. The molecule has 0 aromatic rings. The SMILES string of the molecule is CN1CCC[C@H]1[C@@H]1CCCN1C(=O)CCS(=O)(=O)C1CCCC1. The minimum atomic E-state index is -3.09. The third-order valence-electron chi connectivity index (χ3n) is 6.05. The van der Waals surface area contributed by atoms with E-state index in [0.717, 1.165) is 58.0 Å². The van der Waals surface area contributed by atoms with E-state index in [0.29, 0.717) is 12.1 Å². The van der Waals surface area contributed by atoms with Crippen LogP contribution < -0.4 is 0 Å². The molecule has 0 aromatic heterocycles. The van der Waals surface area contributed by atoms with Crippen molar-refractivity contribution in [3.8, 4) is 0 Å². The Hall–Kier alpha value is -0.620. The second-order valence-corrected chi connectivity index (χ2v) is 9.91. The Balaban J connectivity index is 1.57. The van der Waals surface area contributed by atoms with Crippen molar-refractivity contribution in [3.05, 3.63) is 0 Å². The van der Waals surface area contributed by atoms with Crippen LogP contribution >= 0.6 is 0 Å². The van der Waals surface area contributed by atoms with E-state index in [2.05, 4.69) is 11.9 Å². The standard InChI is InChI=1S/C17H30N2O3S/c1-18-11-4-8-15(18)16-9-5-12-19(16)17(20)10-13-23(21,22)14-6-2-3-7-14/h14-16H,2-13H2,1H3/t15-,16-/m0/s1. The third kappa shape index (κ3) is 3.73. The van der Waals surface area contributed by atoms with Crippen molar-refractivity contribution in [1.82, 2.24) is 9.80 Å². The van der Waals surface area contributed by atoms with Gasteiger partial charge in [-0.15, -0.1) is 0 Å². The highest BCUT2D eigenvalue weighted by molar-refractivity contribution is 7.92. The zero-order chi connectivity index (χ0) is 16.4. The van der Waals surface area contributed by atoms with Gasteiger partial charge in [0.25, 0.3) is 0 Å². The summed E-state index contributed by atoms with van der Waals surface area (Å²) < 4.78 is 24.7. The Morgan fingerprint density at radius 2 is 1.61 bits per heavy atom. The van der Waals surface area contributed by atoms with Crippen LogP contribution in [0.25, 0.3) is 0 Å². The average molecular weight is 343 g/mol. The fourth-order valence-electron chi connectivity index (χ4n) is 4.71. The molecule has 0 radical (unpaired) electrons. The van der Waals surface area contributed by atoms with Gasteiger partial charge in [0.15, 0.2) is 9.84 Å². The van der Waals surface area contributed by atoms with Gasteiger partial charge in [-0.3, -0.25) is 4.79 Å². The molecule has 0 spiro atoms. The summed E-state index contributed by atoms with van der Waals surface area (Å²) in [5.41, 5.74) is 0. The van der Waals surface area contributed by atoms with Crippen LogP contribution in [0, 0.1) is 0 Å². The molecule has 2 saturated heterocycles. The molecule has 1 aliphatic carbocycles. The highest BCUT2D eigenvalue weighted by atomic mass is 32.2. The molecule has 2 atom stereocenters. The molecule has 6 heteroatoms. The summed E-state index contributed by atoms with van der Waals surface area (Å²) in [6.45, 7) is 1.91. The lowest BCUT2D eigenvalue weighted by atomic mass is 10.0. The van der Waals surface area contributed by atoms with E-state index in [4.69, 9.17) is 0 Å². The van der Waals surface area contributed by atoms with Gasteiger partial charge in [0.05, 0.1) is 11.0 Å². The molecular formula is C17H30N2O3S. The van der Waals surface area contributed by atoms with Gasteiger partial charge in [0, 0.05) is 25.0 Å². The van der Waals surface area contributed by atoms with Gasteiger partial charge in [-0.1, -0.05) is 12.8 Å².